The number of hydrogen-bond acceptors (Lipinski definition) is 6. The van der Waals surface area contributed by atoms with Crippen molar-refractivity contribution in [2.24, 2.45) is 0 Å². The average molecular weight is 291 g/mol. The van der Waals surface area contributed by atoms with Crippen LogP contribution in [0.25, 0.3) is 0 Å². The van der Waals surface area contributed by atoms with Gasteiger partial charge in [-0.05, 0) is 31.7 Å². The number of aryl methyl sites for hydroxylation is 1. The fourth-order valence-corrected chi connectivity index (χ4v) is 2.45. The standard InChI is InChI=1S/C10H15ClN4O2S/c1-6(5-18-4)14(3)9-8(15(16)17)7(2)12-10(11)13-9/h6H,5H2,1-4H3. The molecule has 0 saturated heterocycles. The molecule has 0 saturated carbocycles. The van der Waals surface area contributed by atoms with Crippen LogP contribution in [0.4, 0.5) is 11.5 Å². The summed E-state index contributed by atoms with van der Waals surface area (Å²) in [5, 5.41) is 11.1. The third kappa shape index (κ3) is 3.23. The minimum Gasteiger partial charge on any atom is -0.350 e. The van der Waals surface area contributed by atoms with E-state index in [0.717, 1.165) is 5.75 Å². The van der Waals surface area contributed by atoms with E-state index in [1.807, 2.05) is 13.2 Å². The summed E-state index contributed by atoms with van der Waals surface area (Å²) in [5.41, 5.74) is 0.188. The van der Waals surface area contributed by atoms with E-state index >= 15 is 0 Å². The Morgan fingerprint density at radius 2 is 2.17 bits per heavy atom. The van der Waals surface area contributed by atoms with E-state index in [2.05, 4.69) is 9.97 Å². The van der Waals surface area contributed by atoms with Gasteiger partial charge in [-0.2, -0.15) is 16.7 Å². The van der Waals surface area contributed by atoms with Gasteiger partial charge in [0.1, 0.15) is 5.69 Å². The second kappa shape index (κ2) is 6.19. The average Bonchev–Trinajstić information content (AvgIpc) is 2.26. The molecule has 0 aliphatic rings. The SMILES string of the molecule is CSCC(C)N(C)c1nc(Cl)nc(C)c1[N+](=O)[O-]. The molecule has 18 heavy (non-hydrogen) atoms. The van der Waals surface area contributed by atoms with Crippen molar-refractivity contribution >= 4 is 34.9 Å². The second-order valence-corrected chi connectivity index (χ2v) is 5.17. The van der Waals surface area contributed by atoms with Gasteiger partial charge >= 0.3 is 5.69 Å². The lowest BCUT2D eigenvalue weighted by Gasteiger charge is -2.25. The number of aromatic nitrogens is 2. The van der Waals surface area contributed by atoms with E-state index in [9.17, 15) is 10.1 Å². The zero-order chi connectivity index (χ0) is 13.9. The molecule has 1 atom stereocenters. The topological polar surface area (TPSA) is 72.2 Å². The van der Waals surface area contributed by atoms with Crippen molar-refractivity contribution < 1.29 is 4.92 Å². The summed E-state index contributed by atoms with van der Waals surface area (Å²) in [6.07, 6.45) is 1.98. The minimum atomic E-state index is -0.469. The third-order valence-corrected chi connectivity index (χ3v) is 3.58. The van der Waals surface area contributed by atoms with Gasteiger partial charge in [0, 0.05) is 18.8 Å². The maximum absolute atomic E-state index is 11.1. The van der Waals surface area contributed by atoms with Gasteiger partial charge in [-0.1, -0.05) is 0 Å². The monoisotopic (exact) mass is 290 g/mol. The molecule has 1 unspecified atom stereocenters. The van der Waals surface area contributed by atoms with Gasteiger partial charge in [0.2, 0.25) is 11.1 Å². The molecule has 0 amide bonds. The maximum Gasteiger partial charge on any atom is 0.332 e. The second-order valence-electron chi connectivity index (χ2n) is 3.92. The number of nitrogens with zero attached hydrogens (tertiary/aromatic N) is 4. The number of anilines is 1. The van der Waals surface area contributed by atoms with Gasteiger partial charge in [-0.3, -0.25) is 10.1 Å². The van der Waals surface area contributed by atoms with E-state index < -0.39 is 4.92 Å². The zero-order valence-electron chi connectivity index (χ0n) is 10.7. The van der Waals surface area contributed by atoms with Gasteiger partial charge < -0.3 is 4.90 Å². The Labute approximate surface area is 115 Å². The zero-order valence-corrected chi connectivity index (χ0v) is 12.2. The van der Waals surface area contributed by atoms with Crippen LogP contribution in [0.15, 0.2) is 0 Å². The molecule has 100 valence electrons. The Morgan fingerprint density at radius 3 is 2.67 bits per heavy atom. The van der Waals surface area contributed by atoms with Crippen LogP contribution in [0.5, 0.6) is 0 Å². The molecule has 0 aliphatic carbocycles. The molecule has 1 rings (SSSR count). The Kier molecular flexibility index (Phi) is 5.15. The molecule has 1 heterocycles. The van der Waals surface area contributed by atoms with Crippen LogP contribution in [-0.4, -0.2) is 40.0 Å². The van der Waals surface area contributed by atoms with Crippen molar-refractivity contribution in [3.05, 3.63) is 21.1 Å². The highest BCUT2D eigenvalue weighted by Crippen LogP contribution is 2.30. The summed E-state index contributed by atoms with van der Waals surface area (Å²) in [5.74, 6) is 1.10. The largest absolute Gasteiger partial charge is 0.350 e. The maximum atomic E-state index is 11.1. The molecular formula is C10H15ClN4O2S. The van der Waals surface area contributed by atoms with Crippen molar-refractivity contribution in [3.63, 3.8) is 0 Å². The Morgan fingerprint density at radius 1 is 1.56 bits per heavy atom. The number of rotatable bonds is 5. The van der Waals surface area contributed by atoms with Gasteiger partial charge in [0.15, 0.2) is 0 Å². The Hall–Kier alpha value is -1.08. The Bertz CT molecular complexity index is 458. The summed E-state index contributed by atoms with van der Waals surface area (Å²) in [7, 11) is 1.77. The van der Waals surface area contributed by atoms with E-state index in [-0.39, 0.29) is 28.5 Å². The smallest absolute Gasteiger partial charge is 0.332 e. The lowest BCUT2D eigenvalue weighted by Crippen LogP contribution is -2.32. The van der Waals surface area contributed by atoms with Crippen LogP contribution in [0.3, 0.4) is 0 Å². The van der Waals surface area contributed by atoms with Crippen LogP contribution in [0, 0.1) is 17.0 Å². The van der Waals surface area contributed by atoms with Crippen LogP contribution in [0.2, 0.25) is 5.28 Å². The van der Waals surface area contributed by atoms with Crippen LogP contribution in [-0.2, 0) is 0 Å². The first-order valence-corrected chi connectivity index (χ1v) is 7.06. The molecule has 6 nitrogen and oxygen atoms in total. The predicted octanol–water partition coefficient (Wildman–Crippen LogP) is 2.53. The highest BCUT2D eigenvalue weighted by Gasteiger charge is 2.26. The predicted molar refractivity (Wildman–Crippen MR) is 74.7 cm³/mol. The first-order chi connectivity index (χ1) is 8.38. The van der Waals surface area contributed by atoms with Crippen molar-refractivity contribution in [2.75, 3.05) is 24.0 Å². The molecule has 0 radical (unpaired) electrons. The van der Waals surface area contributed by atoms with Gasteiger partial charge in [0.25, 0.3) is 0 Å². The lowest BCUT2D eigenvalue weighted by atomic mass is 10.3. The van der Waals surface area contributed by atoms with E-state index in [4.69, 9.17) is 11.6 Å². The summed E-state index contributed by atoms with van der Waals surface area (Å²) < 4.78 is 0. The van der Waals surface area contributed by atoms with Gasteiger partial charge in [-0.25, -0.2) is 4.98 Å². The van der Waals surface area contributed by atoms with Crippen LogP contribution in [0.1, 0.15) is 12.6 Å². The Balaban J connectivity index is 3.25. The van der Waals surface area contributed by atoms with Crippen LogP contribution >= 0.6 is 23.4 Å². The molecule has 1 aromatic heterocycles. The summed E-state index contributed by atoms with van der Waals surface area (Å²) >= 11 is 7.44. The molecule has 0 aromatic carbocycles. The molecule has 0 bridgehead atoms. The van der Waals surface area contributed by atoms with E-state index in [1.165, 1.54) is 0 Å². The molecule has 0 N–H and O–H groups in total. The van der Waals surface area contributed by atoms with Crippen molar-refractivity contribution in [1.29, 1.82) is 0 Å². The summed E-state index contributed by atoms with van der Waals surface area (Å²) in [6, 6.07) is 0.115. The number of nitro groups is 1. The van der Waals surface area contributed by atoms with Crippen molar-refractivity contribution in [2.45, 2.75) is 19.9 Å². The minimum absolute atomic E-state index is 0.0244. The highest BCUT2D eigenvalue weighted by molar-refractivity contribution is 7.98. The molecule has 8 heteroatoms. The van der Waals surface area contributed by atoms with E-state index in [1.54, 1.807) is 30.6 Å². The molecule has 0 aliphatic heterocycles. The number of hydrogen-bond donors (Lipinski definition) is 0. The molecular weight excluding hydrogens is 276 g/mol. The number of halogens is 1. The normalized spacial score (nSPS) is 12.3. The lowest BCUT2D eigenvalue weighted by molar-refractivity contribution is -0.385. The molecule has 1 aromatic rings. The first kappa shape index (κ1) is 15.0. The highest BCUT2D eigenvalue weighted by atomic mass is 35.5. The van der Waals surface area contributed by atoms with Gasteiger partial charge in [0.05, 0.1) is 4.92 Å². The molecule has 0 spiro atoms. The van der Waals surface area contributed by atoms with Crippen molar-refractivity contribution in [3.8, 4) is 0 Å². The fraction of sp³-hybridized carbons (Fsp3) is 0.600. The quantitative estimate of drug-likeness (QED) is 0.471. The third-order valence-electron chi connectivity index (χ3n) is 2.60. The summed E-state index contributed by atoms with van der Waals surface area (Å²) in [6.45, 7) is 3.54. The summed E-state index contributed by atoms with van der Waals surface area (Å²) in [4.78, 5) is 20.2. The van der Waals surface area contributed by atoms with E-state index in [0.29, 0.717) is 0 Å². The number of thioether (sulfide) groups is 1. The van der Waals surface area contributed by atoms with Crippen molar-refractivity contribution in [1.82, 2.24) is 9.97 Å². The molecule has 0 fully saturated rings. The first-order valence-electron chi connectivity index (χ1n) is 5.28. The van der Waals surface area contributed by atoms with Gasteiger partial charge in [-0.15, -0.1) is 0 Å². The van der Waals surface area contributed by atoms with Crippen LogP contribution < -0.4 is 4.90 Å². The fourth-order valence-electron chi connectivity index (χ4n) is 1.54.